The third kappa shape index (κ3) is 4.50. The third-order valence-corrected chi connectivity index (χ3v) is 5.06. The van der Waals surface area contributed by atoms with E-state index in [2.05, 4.69) is 33.9 Å². The second kappa shape index (κ2) is 8.51. The quantitative estimate of drug-likeness (QED) is 0.723. The van der Waals surface area contributed by atoms with Crippen LogP contribution in [0.4, 0.5) is 0 Å². The lowest BCUT2D eigenvalue weighted by atomic mass is 10.1. The highest BCUT2D eigenvalue weighted by Gasteiger charge is 2.20. The summed E-state index contributed by atoms with van der Waals surface area (Å²) < 4.78 is 16.6. The van der Waals surface area contributed by atoms with E-state index in [0.717, 1.165) is 44.2 Å². The van der Waals surface area contributed by atoms with Gasteiger partial charge in [-0.3, -0.25) is 4.90 Å². The Kier molecular flexibility index (Phi) is 6.12. The van der Waals surface area contributed by atoms with E-state index in [1.807, 2.05) is 6.07 Å². The average Bonchev–Trinajstić information content (AvgIpc) is 3.28. The Balaban J connectivity index is 1.72. The SMILES string of the molecule is COc1ccc(CN(Cc2ccsc2)C[C@@H]2CCCO2)cc1OC. The highest BCUT2D eigenvalue weighted by atomic mass is 32.1. The zero-order valence-electron chi connectivity index (χ0n) is 14.4. The van der Waals surface area contributed by atoms with Crippen molar-refractivity contribution in [1.82, 2.24) is 4.90 Å². The van der Waals surface area contributed by atoms with Crippen molar-refractivity contribution in [2.45, 2.75) is 32.0 Å². The molecule has 0 unspecified atom stereocenters. The van der Waals surface area contributed by atoms with Gasteiger partial charge < -0.3 is 14.2 Å². The van der Waals surface area contributed by atoms with Crippen molar-refractivity contribution >= 4 is 11.3 Å². The molecule has 0 radical (unpaired) electrons. The number of nitrogens with zero attached hydrogens (tertiary/aromatic N) is 1. The maximum Gasteiger partial charge on any atom is 0.161 e. The monoisotopic (exact) mass is 347 g/mol. The Bertz CT molecular complexity index is 624. The molecule has 0 N–H and O–H groups in total. The van der Waals surface area contributed by atoms with Gasteiger partial charge >= 0.3 is 0 Å². The first-order chi connectivity index (χ1) is 11.8. The van der Waals surface area contributed by atoms with E-state index < -0.39 is 0 Å². The Morgan fingerprint density at radius 2 is 1.96 bits per heavy atom. The molecule has 1 atom stereocenters. The van der Waals surface area contributed by atoms with Gasteiger partial charge in [-0.05, 0) is 52.9 Å². The van der Waals surface area contributed by atoms with Gasteiger partial charge in [0, 0.05) is 26.2 Å². The number of hydrogen-bond donors (Lipinski definition) is 0. The van der Waals surface area contributed by atoms with E-state index in [9.17, 15) is 0 Å². The van der Waals surface area contributed by atoms with E-state index in [0.29, 0.717) is 6.10 Å². The molecule has 1 fully saturated rings. The van der Waals surface area contributed by atoms with E-state index in [1.165, 1.54) is 17.5 Å². The summed E-state index contributed by atoms with van der Waals surface area (Å²) in [5.41, 5.74) is 2.58. The van der Waals surface area contributed by atoms with Crippen molar-refractivity contribution < 1.29 is 14.2 Å². The number of thiophene rings is 1. The van der Waals surface area contributed by atoms with Gasteiger partial charge in [0.25, 0.3) is 0 Å². The maximum atomic E-state index is 5.84. The topological polar surface area (TPSA) is 30.9 Å². The van der Waals surface area contributed by atoms with Crippen LogP contribution >= 0.6 is 11.3 Å². The third-order valence-electron chi connectivity index (χ3n) is 4.33. The van der Waals surface area contributed by atoms with Crippen LogP contribution in [0.15, 0.2) is 35.0 Å². The Labute approximate surface area is 148 Å². The van der Waals surface area contributed by atoms with Crippen LogP contribution in [-0.2, 0) is 17.8 Å². The van der Waals surface area contributed by atoms with Crippen LogP contribution in [0.3, 0.4) is 0 Å². The minimum Gasteiger partial charge on any atom is -0.493 e. The molecule has 2 aromatic rings. The Hall–Kier alpha value is -1.56. The first-order valence-corrected chi connectivity index (χ1v) is 9.28. The minimum absolute atomic E-state index is 0.351. The van der Waals surface area contributed by atoms with Crippen LogP contribution in [-0.4, -0.2) is 38.4 Å². The number of ether oxygens (including phenoxy) is 3. The number of benzene rings is 1. The predicted molar refractivity (Wildman–Crippen MR) is 97.0 cm³/mol. The van der Waals surface area contributed by atoms with Gasteiger partial charge in [0.2, 0.25) is 0 Å². The van der Waals surface area contributed by atoms with E-state index in [-0.39, 0.29) is 0 Å². The minimum atomic E-state index is 0.351. The number of rotatable bonds is 8. The zero-order chi connectivity index (χ0) is 16.8. The zero-order valence-corrected chi connectivity index (χ0v) is 15.2. The normalized spacial score (nSPS) is 17.4. The van der Waals surface area contributed by atoms with Crippen molar-refractivity contribution in [2.75, 3.05) is 27.4 Å². The molecule has 1 saturated heterocycles. The average molecular weight is 347 g/mol. The summed E-state index contributed by atoms with van der Waals surface area (Å²) in [6.07, 6.45) is 2.68. The molecule has 3 rings (SSSR count). The maximum absolute atomic E-state index is 5.84. The fraction of sp³-hybridized carbons (Fsp3) is 0.474. The van der Waals surface area contributed by atoms with Gasteiger partial charge in [-0.15, -0.1) is 0 Å². The standard InChI is InChI=1S/C19H25NO3S/c1-21-18-6-5-15(10-19(18)22-2)11-20(12-16-7-9-24-14-16)13-17-4-3-8-23-17/h5-7,9-10,14,17H,3-4,8,11-13H2,1-2H3/t17-/m0/s1. The molecule has 0 bridgehead atoms. The fourth-order valence-electron chi connectivity index (χ4n) is 3.14. The van der Waals surface area contributed by atoms with Crippen LogP contribution in [0.25, 0.3) is 0 Å². The molecule has 0 saturated carbocycles. The van der Waals surface area contributed by atoms with Crippen molar-refractivity contribution in [1.29, 1.82) is 0 Å². The summed E-state index contributed by atoms with van der Waals surface area (Å²) in [5.74, 6) is 1.55. The van der Waals surface area contributed by atoms with Gasteiger partial charge in [0.1, 0.15) is 0 Å². The summed E-state index contributed by atoms with van der Waals surface area (Å²) in [7, 11) is 3.34. The molecular formula is C19H25NO3S. The first-order valence-electron chi connectivity index (χ1n) is 8.34. The van der Waals surface area contributed by atoms with E-state index in [1.54, 1.807) is 25.6 Å². The molecular weight excluding hydrogens is 322 g/mol. The van der Waals surface area contributed by atoms with Crippen LogP contribution in [0.2, 0.25) is 0 Å². The molecule has 1 aromatic heterocycles. The van der Waals surface area contributed by atoms with Gasteiger partial charge in [-0.25, -0.2) is 0 Å². The molecule has 1 aliphatic heterocycles. The first kappa shape index (κ1) is 17.3. The molecule has 0 spiro atoms. The molecule has 24 heavy (non-hydrogen) atoms. The Morgan fingerprint density at radius 3 is 2.62 bits per heavy atom. The molecule has 0 amide bonds. The lowest BCUT2D eigenvalue weighted by Crippen LogP contribution is -2.31. The fourth-order valence-corrected chi connectivity index (χ4v) is 3.80. The molecule has 4 nitrogen and oxygen atoms in total. The molecule has 130 valence electrons. The summed E-state index contributed by atoms with van der Waals surface area (Å²) in [4.78, 5) is 2.46. The van der Waals surface area contributed by atoms with Crippen molar-refractivity contribution in [2.24, 2.45) is 0 Å². The molecule has 0 aliphatic carbocycles. The summed E-state index contributed by atoms with van der Waals surface area (Å²) in [6.45, 7) is 3.67. The Morgan fingerprint density at radius 1 is 1.12 bits per heavy atom. The molecule has 1 aliphatic rings. The van der Waals surface area contributed by atoms with Crippen LogP contribution in [0, 0.1) is 0 Å². The lowest BCUT2D eigenvalue weighted by molar-refractivity contribution is 0.0679. The molecule has 5 heteroatoms. The largest absolute Gasteiger partial charge is 0.493 e. The van der Waals surface area contributed by atoms with Gasteiger partial charge in [-0.1, -0.05) is 6.07 Å². The summed E-state index contributed by atoms with van der Waals surface area (Å²) in [5, 5.41) is 4.35. The second-order valence-corrected chi connectivity index (χ2v) is 6.91. The second-order valence-electron chi connectivity index (χ2n) is 6.13. The summed E-state index contributed by atoms with van der Waals surface area (Å²) >= 11 is 1.75. The van der Waals surface area contributed by atoms with Crippen molar-refractivity contribution in [3.8, 4) is 11.5 Å². The number of hydrogen-bond acceptors (Lipinski definition) is 5. The van der Waals surface area contributed by atoms with E-state index in [4.69, 9.17) is 14.2 Å². The predicted octanol–water partition coefficient (Wildman–Crippen LogP) is 3.95. The van der Waals surface area contributed by atoms with E-state index >= 15 is 0 Å². The van der Waals surface area contributed by atoms with Gasteiger partial charge in [0.05, 0.1) is 20.3 Å². The van der Waals surface area contributed by atoms with Crippen LogP contribution in [0.1, 0.15) is 24.0 Å². The highest BCUT2D eigenvalue weighted by Crippen LogP contribution is 2.28. The van der Waals surface area contributed by atoms with Gasteiger partial charge in [-0.2, -0.15) is 11.3 Å². The highest BCUT2D eigenvalue weighted by molar-refractivity contribution is 7.07. The lowest BCUT2D eigenvalue weighted by Gasteiger charge is -2.25. The summed E-state index contributed by atoms with van der Waals surface area (Å²) in [6, 6.07) is 8.34. The molecule has 1 aromatic carbocycles. The van der Waals surface area contributed by atoms with Crippen LogP contribution in [0.5, 0.6) is 11.5 Å². The smallest absolute Gasteiger partial charge is 0.161 e. The number of methoxy groups -OCH3 is 2. The molecule has 2 heterocycles. The van der Waals surface area contributed by atoms with Crippen LogP contribution < -0.4 is 9.47 Å². The van der Waals surface area contributed by atoms with Crippen molar-refractivity contribution in [3.05, 3.63) is 46.2 Å². The van der Waals surface area contributed by atoms with Gasteiger partial charge in [0.15, 0.2) is 11.5 Å². The van der Waals surface area contributed by atoms with Crippen molar-refractivity contribution in [3.63, 3.8) is 0 Å².